The molecular formula is C7H8BrClN2O4S2. The van der Waals surface area contributed by atoms with Crippen LogP contribution in [0, 0.1) is 0 Å². The summed E-state index contributed by atoms with van der Waals surface area (Å²) in [7, 11) is -3.64. The number of carbonyl (C=O) groups is 1. The second-order valence-corrected chi connectivity index (χ2v) is 7.52. The van der Waals surface area contributed by atoms with Crippen LogP contribution in [0.15, 0.2) is 14.1 Å². The zero-order valence-electron chi connectivity index (χ0n) is 8.27. The molecule has 0 spiro atoms. The van der Waals surface area contributed by atoms with Gasteiger partial charge in [0.05, 0.1) is 8.81 Å². The summed E-state index contributed by atoms with van der Waals surface area (Å²) < 4.78 is 30.6. The molecule has 0 unspecified atom stereocenters. The van der Waals surface area contributed by atoms with Gasteiger partial charge in [-0.1, -0.05) is 11.6 Å². The fourth-order valence-corrected chi connectivity index (χ4v) is 4.31. The fourth-order valence-electron chi connectivity index (χ4n) is 0.858. The van der Waals surface area contributed by atoms with Crippen molar-refractivity contribution in [2.24, 2.45) is 5.73 Å². The first kappa shape index (κ1) is 14.7. The second-order valence-electron chi connectivity index (χ2n) is 2.75. The molecule has 0 fully saturated rings. The van der Waals surface area contributed by atoms with Gasteiger partial charge in [-0.25, -0.2) is 17.9 Å². The summed E-state index contributed by atoms with van der Waals surface area (Å²) in [5, 5.41) is 0.323. The molecule has 6 nitrogen and oxygen atoms in total. The van der Waals surface area contributed by atoms with E-state index in [1.807, 2.05) is 0 Å². The summed E-state index contributed by atoms with van der Waals surface area (Å²) in [6.45, 7) is -0.187. The van der Waals surface area contributed by atoms with Crippen molar-refractivity contribution >= 4 is 55.0 Å². The SMILES string of the molecule is NC(=O)OCCNS(=O)(=O)c1cc(Cl)c(Br)s1. The Morgan fingerprint density at radius 3 is 2.76 bits per heavy atom. The van der Waals surface area contributed by atoms with Crippen LogP contribution in [-0.2, 0) is 14.8 Å². The summed E-state index contributed by atoms with van der Waals surface area (Å²) in [5.74, 6) is 0. The third kappa shape index (κ3) is 4.43. The fraction of sp³-hybridized carbons (Fsp3) is 0.286. The van der Waals surface area contributed by atoms with E-state index in [4.69, 9.17) is 17.3 Å². The zero-order chi connectivity index (χ0) is 13.1. The number of primary amides is 1. The van der Waals surface area contributed by atoms with Crippen molar-refractivity contribution < 1.29 is 17.9 Å². The van der Waals surface area contributed by atoms with Crippen molar-refractivity contribution in [3.8, 4) is 0 Å². The highest BCUT2D eigenvalue weighted by molar-refractivity contribution is 9.11. The van der Waals surface area contributed by atoms with E-state index in [0.29, 0.717) is 8.81 Å². The molecule has 0 atom stereocenters. The number of nitrogens with one attached hydrogen (secondary N) is 1. The Labute approximate surface area is 115 Å². The molecule has 3 N–H and O–H groups in total. The normalized spacial score (nSPS) is 11.4. The molecule has 1 amide bonds. The van der Waals surface area contributed by atoms with Crippen LogP contribution in [0.5, 0.6) is 0 Å². The maximum atomic E-state index is 11.7. The molecule has 1 rings (SSSR count). The number of thiophene rings is 1. The third-order valence-electron chi connectivity index (χ3n) is 1.53. The van der Waals surface area contributed by atoms with Gasteiger partial charge in [0.1, 0.15) is 10.8 Å². The van der Waals surface area contributed by atoms with Gasteiger partial charge in [-0.05, 0) is 22.0 Å². The van der Waals surface area contributed by atoms with Gasteiger partial charge in [0, 0.05) is 6.54 Å². The van der Waals surface area contributed by atoms with Gasteiger partial charge >= 0.3 is 6.09 Å². The van der Waals surface area contributed by atoms with Crippen LogP contribution < -0.4 is 10.5 Å². The maximum absolute atomic E-state index is 11.7. The third-order valence-corrected chi connectivity index (χ3v) is 5.94. The highest BCUT2D eigenvalue weighted by Gasteiger charge is 2.18. The lowest BCUT2D eigenvalue weighted by molar-refractivity contribution is 0.159. The lowest BCUT2D eigenvalue weighted by atomic mass is 10.7. The number of amides is 1. The number of sulfonamides is 1. The number of rotatable bonds is 5. The van der Waals surface area contributed by atoms with Crippen LogP contribution in [0.25, 0.3) is 0 Å². The van der Waals surface area contributed by atoms with E-state index in [2.05, 4.69) is 25.4 Å². The topological polar surface area (TPSA) is 98.5 Å². The highest BCUT2D eigenvalue weighted by Crippen LogP contribution is 2.34. The molecule has 0 radical (unpaired) electrons. The Kier molecular flexibility index (Phi) is 5.20. The molecule has 10 heteroatoms. The quantitative estimate of drug-likeness (QED) is 0.775. The number of nitrogens with two attached hydrogens (primary N) is 1. The van der Waals surface area contributed by atoms with Gasteiger partial charge in [-0.2, -0.15) is 0 Å². The molecule has 0 aliphatic heterocycles. The number of hydrogen-bond acceptors (Lipinski definition) is 5. The van der Waals surface area contributed by atoms with Gasteiger partial charge in [0.15, 0.2) is 0 Å². The largest absolute Gasteiger partial charge is 0.448 e. The molecule has 1 aromatic rings. The standard InChI is InChI=1S/C7H8BrClN2O4S2/c8-6-4(9)3-5(16-6)17(13,14)11-1-2-15-7(10)12/h3,11H,1-2H2,(H2,10,12). The van der Waals surface area contributed by atoms with Crippen molar-refractivity contribution in [2.45, 2.75) is 4.21 Å². The van der Waals surface area contributed by atoms with Gasteiger partial charge < -0.3 is 10.5 Å². The second kappa shape index (κ2) is 6.01. The lowest BCUT2D eigenvalue weighted by Gasteiger charge is -2.04. The zero-order valence-corrected chi connectivity index (χ0v) is 12.2. The van der Waals surface area contributed by atoms with Crippen LogP contribution in [0.3, 0.4) is 0 Å². The molecule has 0 saturated carbocycles. The van der Waals surface area contributed by atoms with E-state index < -0.39 is 16.1 Å². The Balaban J connectivity index is 2.60. The lowest BCUT2D eigenvalue weighted by Crippen LogP contribution is -2.28. The van der Waals surface area contributed by atoms with Crippen molar-refractivity contribution in [1.82, 2.24) is 4.72 Å². The number of hydrogen-bond donors (Lipinski definition) is 2. The molecule has 0 aliphatic carbocycles. The van der Waals surface area contributed by atoms with Crippen molar-refractivity contribution in [2.75, 3.05) is 13.2 Å². The van der Waals surface area contributed by atoms with E-state index in [1.165, 1.54) is 6.07 Å². The Hall–Kier alpha value is -0.350. The molecule has 96 valence electrons. The first-order valence-electron chi connectivity index (χ1n) is 4.19. The average molecular weight is 364 g/mol. The smallest absolute Gasteiger partial charge is 0.404 e. The first-order valence-corrected chi connectivity index (χ1v) is 7.66. The highest BCUT2D eigenvalue weighted by atomic mass is 79.9. The van der Waals surface area contributed by atoms with Crippen LogP contribution in [0.4, 0.5) is 4.79 Å². The molecule has 0 saturated heterocycles. The monoisotopic (exact) mass is 362 g/mol. The minimum Gasteiger partial charge on any atom is -0.448 e. The Morgan fingerprint density at radius 2 is 2.29 bits per heavy atom. The first-order chi connectivity index (χ1) is 7.83. The maximum Gasteiger partial charge on any atom is 0.404 e. The Morgan fingerprint density at radius 1 is 1.65 bits per heavy atom. The van der Waals surface area contributed by atoms with Gasteiger partial charge in [-0.15, -0.1) is 11.3 Å². The van der Waals surface area contributed by atoms with E-state index in [0.717, 1.165) is 11.3 Å². The predicted octanol–water partition coefficient (Wildman–Crippen LogP) is 1.54. The molecule has 0 aliphatic rings. The number of carbonyl (C=O) groups excluding carboxylic acids is 1. The van der Waals surface area contributed by atoms with Gasteiger partial charge in [0.2, 0.25) is 10.0 Å². The van der Waals surface area contributed by atoms with E-state index >= 15 is 0 Å². The summed E-state index contributed by atoms with van der Waals surface area (Å²) >= 11 is 9.83. The molecule has 17 heavy (non-hydrogen) atoms. The summed E-state index contributed by atoms with van der Waals surface area (Å²) in [6, 6.07) is 1.33. The van der Waals surface area contributed by atoms with Gasteiger partial charge in [0.25, 0.3) is 0 Å². The van der Waals surface area contributed by atoms with Crippen molar-refractivity contribution in [1.29, 1.82) is 0 Å². The van der Waals surface area contributed by atoms with Gasteiger partial charge in [-0.3, -0.25) is 0 Å². The molecule has 0 aromatic carbocycles. The number of ether oxygens (including phenoxy) is 1. The van der Waals surface area contributed by atoms with Crippen LogP contribution in [-0.4, -0.2) is 27.7 Å². The molecule has 0 bridgehead atoms. The number of halogens is 2. The molecule has 1 aromatic heterocycles. The Bertz CT molecular complexity index is 496. The van der Waals surface area contributed by atoms with E-state index in [9.17, 15) is 13.2 Å². The van der Waals surface area contributed by atoms with Crippen molar-refractivity contribution in [3.05, 3.63) is 14.9 Å². The van der Waals surface area contributed by atoms with E-state index in [-0.39, 0.29) is 17.4 Å². The van der Waals surface area contributed by atoms with Crippen LogP contribution in [0.1, 0.15) is 0 Å². The minimum atomic E-state index is -3.64. The van der Waals surface area contributed by atoms with Crippen LogP contribution in [0.2, 0.25) is 5.02 Å². The summed E-state index contributed by atoms with van der Waals surface area (Å²) in [5.41, 5.74) is 4.72. The molecular weight excluding hydrogens is 356 g/mol. The average Bonchev–Trinajstić information content (AvgIpc) is 2.55. The van der Waals surface area contributed by atoms with Crippen LogP contribution >= 0.6 is 38.9 Å². The van der Waals surface area contributed by atoms with Crippen molar-refractivity contribution in [3.63, 3.8) is 0 Å². The summed E-state index contributed by atoms with van der Waals surface area (Å²) in [4.78, 5) is 10.2. The van der Waals surface area contributed by atoms with E-state index in [1.54, 1.807) is 0 Å². The summed E-state index contributed by atoms with van der Waals surface area (Å²) in [6.07, 6.45) is -0.953. The predicted molar refractivity (Wildman–Crippen MR) is 67.8 cm³/mol. The molecule has 1 heterocycles. The minimum absolute atomic E-state index is 0.0571.